The molecule has 1 aliphatic heterocycles. The highest BCUT2D eigenvalue weighted by Gasteiger charge is 2.33. The average molecular weight is 357 g/mol. The van der Waals surface area contributed by atoms with Crippen LogP contribution < -0.4 is 10.6 Å². The number of hydrogen-bond acceptors (Lipinski definition) is 3. The molecule has 0 aliphatic carbocycles. The lowest BCUT2D eigenvalue weighted by Crippen LogP contribution is -2.53. The number of rotatable bonds is 6. The molecule has 0 bridgehead atoms. The van der Waals surface area contributed by atoms with Crippen LogP contribution in [-0.4, -0.2) is 48.3 Å². The second-order valence-electron chi connectivity index (χ2n) is 6.70. The van der Waals surface area contributed by atoms with E-state index in [1.807, 2.05) is 19.1 Å². The number of hydrogen-bond donors (Lipinski definition) is 2. The molecule has 26 heavy (non-hydrogen) atoms. The van der Waals surface area contributed by atoms with Gasteiger partial charge in [-0.1, -0.05) is 23.8 Å². The fourth-order valence-corrected chi connectivity index (χ4v) is 3.24. The van der Waals surface area contributed by atoms with Crippen LogP contribution in [0.4, 0.5) is 0 Å². The van der Waals surface area contributed by atoms with Gasteiger partial charge in [0.05, 0.1) is 0 Å². The molecule has 1 aliphatic rings. The monoisotopic (exact) mass is 357 g/mol. The van der Waals surface area contributed by atoms with E-state index in [2.05, 4.69) is 17.2 Å². The van der Waals surface area contributed by atoms with Crippen molar-refractivity contribution in [2.45, 2.75) is 32.7 Å². The molecule has 140 valence electrons. The van der Waals surface area contributed by atoms with Crippen molar-refractivity contribution in [2.24, 2.45) is 5.92 Å². The Morgan fingerprint density at radius 1 is 1.31 bits per heavy atom. The first kappa shape index (κ1) is 19.7. The van der Waals surface area contributed by atoms with E-state index in [0.717, 1.165) is 5.56 Å². The zero-order valence-corrected chi connectivity index (χ0v) is 15.5. The highest BCUT2D eigenvalue weighted by molar-refractivity contribution is 5.97. The third-order valence-electron chi connectivity index (χ3n) is 4.73. The lowest BCUT2D eigenvalue weighted by Gasteiger charge is -2.35. The Morgan fingerprint density at radius 2 is 2.00 bits per heavy atom. The molecule has 3 amide bonds. The van der Waals surface area contributed by atoms with E-state index < -0.39 is 6.04 Å². The van der Waals surface area contributed by atoms with E-state index in [1.165, 1.54) is 0 Å². The number of benzene rings is 1. The predicted octanol–water partition coefficient (Wildman–Crippen LogP) is 1.65. The molecule has 6 heteroatoms. The van der Waals surface area contributed by atoms with Crippen LogP contribution in [0.2, 0.25) is 0 Å². The molecule has 2 N–H and O–H groups in total. The maximum atomic E-state index is 12.6. The normalized spacial score (nSPS) is 15.8. The summed E-state index contributed by atoms with van der Waals surface area (Å²) in [6.45, 7) is 8.63. The van der Waals surface area contributed by atoms with Gasteiger partial charge < -0.3 is 15.5 Å². The SMILES string of the molecule is C=CCNC(=O)C(NC(=O)c1cccc(C)c1)C1CCN(C(C)=O)CC1. The van der Waals surface area contributed by atoms with Crippen LogP contribution in [0, 0.1) is 12.8 Å². The van der Waals surface area contributed by atoms with Gasteiger partial charge in [-0.05, 0) is 37.8 Å². The van der Waals surface area contributed by atoms with E-state index in [0.29, 0.717) is 38.0 Å². The van der Waals surface area contributed by atoms with Gasteiger partial charge in [0.25, 0.3) is 5.91 Å². The third-order valence-corrected chi connectivity index (χ3v) is 4.73. The van der Waals surface area contributed by atoms with Crippen LogP contribution in [0.3, 0.4) is 0 Å². The predicted molar refractivity (Wildman–Crippen MR) is 101 cm³/mol. The minimum Gasteiger partial charge on any atom is -0.351 e. The Morgan fingerprint density at radius 3 is 2.58 bits per heavy atom. The van der Waals surface area contributed by atoms with Crippen LogP contribution in [-0.2, 0) is 9.59 Å². The summed E-state index contributed by atoms with van der Waals surface area (Å²) in [5.74, 6) is -0.447. The summed E-state index contributed by atoms with van der Waals surface area (Å²) in [4.78, 5) is 38.5. The average Bonchev–Trinajstić information content (AvgIpc) is 2.64. The van der Waals surface area contributed by atoms with E-state index in [9.17, 15) is 14.4 Å². The summed E-state index contributed by atoms with van der Waals surface area (Å²) in [5, 5.41) is 5.67. The number of aryl methyl sites for hydroxylation is 1. The van der Waals surface area contributed by atoms with E-state index in [4.69, 9.17) is 0 Å². The van der Waals surface area contributed by atoms with Crippen molar-refractivity contribution in [3.63, 3.8) is 0 Å². The first-order chi connectivity index (χ1) is 12.4. The highest BCUT2D eigenvalue weighted by Crippen LogP contribution is 2.21. The lowest BCUT2D eigenvalue weighted by atomic mass is 9.88. The fourth-order valence-electron chi connectivity index (χ4n) is 3.24. The summed E-state index contributed by atoms with van der Waals surface area (Å²) in [7, 11) is 0. The van der Waals surface area contributed by atoms with Crippen molar-refractivity contribution in [1.82, 2.24) is 15.5 Å². The van der Waals surface area contributed by atoms with Crippen LogP contribution in [0.15, 0.2) is 36.9 Å². The number of carbonyl (C=O) groups excluding carboxylic acids is 3. The van der Waals surface area contributed by atoms with Crippen LogP contribution >= 0.6 is 0 Å². The van der Waals surface area contributed by atoms with Gasteiger partial charge >= 0.3 is 0 Å². The van der Waals surface area contributed by atoms with E-state index >= 15 is 0 Å². The van der Waals surface area contributed by atoms with Gasteiger partial charge in [0.2, 0.25) is 11.8 Å². The van der Waals surface area contributed by atoms with Crippen LogP contribution in [0.5, 0.6) is 0 Å². The largest absolute Gasteiger partial charge is 0.351 e. The molecule has 2 rings (SSSR count). The lowest BCUT2D eigenvalue weighted by molar-refractivity contribution is -0.130. The minimum atomic E-state index is -0.628. The molecular formula is C20H27N3O3. The quantitative estimate of drug-likeness (QED) is 0.760. The second kappa shape index (κ2) is 9.17. The molecule has 1 heterocycles. The molecular weight excluding hydrogens is 330 g/mol. The molecule has 1 atom stereocenters. The van der Waals surface area contributed by atoms with Gasteiger partial charge in [-0.25, -0.2) is 0 Å². The molecule has 0 saturated carbocycles. The van der Waals surface area contributed by atoms with Crippen molar-refractivity contribution in [3.05, 3.63) is 48.0 Å². The number of amides is 3. The molecule has 1 saturated heterocycles. The van der Waals surface area contributed by atoms with Crippen LogP contribution in [0.25, 0.3) is 0 Å². The number of nitrogens with zero attached hydrogens (tertiary/aromatic N) is 1. The van der Waals surface area contributed by atoms with Crippen molar-refractivity contribution in [1.29, 1.82) is 0 Å². The summed E-state index contributed by atoms with van der Waals surface area (Å²) >= 11 is 0. The molecule has 1 fully saturated rings. The molecule has 1 unspecified atom stereocenters. The molecule has 6 nitrogen and oxygen atoms in total. The molecule has 0 radical (unpaired) electrons. The highest BCUT2D eigenvalue weighted by atomic mass is 16.2. The topological polar surface area (TPSA) is 78.5 Å². The van der Waals surface area contributed by atoms with Crippen LogP contribution in [0.1, 0.15) is 35.7 Å². The minimum absolute atomic E-state index is 0.0100. The van der Waals surface area contributed by atoms with Gasteiger partial charge in [0.15, 0.2) is 0 Å². The standard InChI is InChI=1S/C20H27N3O3/c1-4-10-21-20(26)18(16-8-11-23(12-9-16)15(3)24)22-19(25)17-7-5-6-14(2)13-17/h4-7,13,16,18H,1,8-12H2,2-3H3,(H,21,26)(H,22,25). The van der Waals surface area contributed by atoms with Crippen molar-refractivity contribution < 1.29 is 14.4 Å². The van der Waals surface area contributed by atoms with Crippen molar-refractivity contribution >= 4 is 17.7 Å². The van der Waals surface area contributed by atoms with Gasteiger partial charge in [-0.3, -0.25) is 14.4 Å². The smallest absolute Gasteiger partial charge is 0.251 e. The molecule has 1 aromatic carbocycles. The Bertz CT molecular complexity index is 679. The first-order valence-electron chi connectivity index (χ1n) is 8.94. The fraction of sp³-hybridized carbons (Fsp3) is 0.450. The zero-order valence-electron chi connectivity index (χ0n) is 15.5. The molecule has 0 aromatic heterocycles. The molecule has 1 aromatic rings. The summed E-state index contributed by atoms with van der Waals surface area (Å²) < 4.78 is 0. The van der Waals surface area contributed by atoms with Gasteiger partial charge in [-0.15, -0.1) is 6.58 Å². The zero-order chi connectivity index (χ0) is 19.1. The number of piperidine rings is 1. The summed E-state index contributed by atoms with van der Waals surface area (Å²) in [6.07, 6.45) is 2.97. The number of likely N-dealkylation sites (tertiary alicyclic amines) is 1. The maximum Gasteiger partial charge on any atom is 0.251 e. The molecule has 0 spiro atoms. The second-order valence-corrected chi connectivity index (χ2v) is 6.70. The number of carbonyl (C=O) groups is 3. The van der Waals surface area contributed by atoms with Gasteiger partial charge in [0.1, 0.15) is 6.04 Å². The maximum absolute atomic E-state index is 12.6. The summed E-state index contributed by atoms with van der Waals surface area (Å²) in [6, 6.07) is 6.65. The number of nitrogens with one attached hydrogen (secondary N) is 2. The third kappa shape index (κ3) is 5.18. The van der Waals surface area contributed by atoms with Crippen molar-refractivity contribution in [2.75, 3.05) is 19.6 Å². The summed E-state index contributed by atoms with van der Waals surface area (Å²) in [5.41, 5.74) is 1.52. The Hall–Kier alpha value is -2.63. The van der Waals surface area contributed by atoms with Gasteiger partial charge in [0, 0.05) is 32.1 Å². The first-order valence-corrected chi connectivity index (χ1v) is 8.94. The Labute approximate surface area is 154 Å². The van der Waals surface area contributed by atoms with E-state index in [-0.39, 0.29) is 23.6 Å². The van der Waals surface area contributed by atoms with Gasteiger partial charge in [-0.2, -0.15) is 0 Å². The van der Waals surface area contributed by atoms with E-state index in [1.54, 1.807) is 30.0 Å². The Balaban J connectivity index is 2.11. The Kier molecular flexibility index (Phi) is 6.95. The van der Waals surface area contributed by atoms with Crippen molar-refractivity contribution in [3.8, 4) is 0 Å².